The predicted octanol–water partition coefficient (Wildman–Crippen LogP) is 3.91. The predicted molar refractivity (Wildman–Crippen MR) is 126 cm³/mol. The summed E-state index contributed by atoms with van der Waals surface area (Å²) >= 11 is 0. The van der Waals surface area contributed by atoms with Gasteiger partial charge in [0.1, 0.15) is 12.4 Å². The average molecular weight is 433 g/mol. The number of aliphatic imine (C=N–C) groups is 1. The van der Waals surface area contributed by atoms with Crippen molar-refractivity contribution in [3.05, 3.63) is 78.6 Å². The third-order valence-corrected chi connectivity index (χ3v) is 5.91. The number of piperidine rings is 1. The molecule has 3 aromatic rings. The number of rotatable bonds is 7. The van der Waals surface area contributed by atoms with Gasteiger partial charge >= 0.3 is 0 Å². The number of guanidine groups is 1. The molecule has 168 valence electrons. The Hall–Kier alpha value is -3.35. The third kappa shape index (κ3) is 5.66. The van der Waals surface area contributed by atoms with E-state index < -0.39 is 0 Å². The second kappa shape index (κ2) is 10.8. The van der Waals surface area contributed by atoms with Gasteiger partial charge in [-0.2, -0.15) is 0 Å². The molecule has 2 unspecified atom stereocenters. The Morgan fingerprint density at radius 2 is 2.06 bits per heavy atom. The van der Waals surface area contributed by atoms with Gasteiger partial charge in [0.05, 0.1) is 24.6 Å². The summed E-state index contributed by atoms with van der Waals surface area (Å²) in [6.45, 7) is 8.33. The van der Waals surface area contributed by atoms with Gasteiger partial charge < -0.3 is 19.5 Å². The zero-order valence-corrected chi connectivity index (χ0v) is 18.9. The second-order valence-electron chi connectivity index (χ2n) is 8.21. The minimum atomic E-state index is 0.408. The fourth-order valence-electron chi connectivity index (χ4n) is 4.02. The standard InChI is InChI=1S/C25H32N6O/c1-3-27-25(30-14-11-20(2)24(17-30)31-15-13-26-19-31)29-16-21-7-9-23(10-8-21)32-18-22-6-4-5-12-28-22/h4-10,12-13,15,19-20,24H,3,11,14,16-18H2,1-2H3,(H,27,29). The zero-order valence-electron chi connectivity index (χ0n) is 18.9. The van der Waals surface area contributed by atoms with E-state index in [1.807, 2.05) is 42.9 Å². The van der Waals surface area contributed by atoms with Gasteiger partial charge in [-0.25, -0.2) is 9.98 Å². The number of hydrogen-bond donors (Lipinski definition) is 1. The number of nitrogens with one attached hydrogen (secondary N) is 1. The number of benzene rings is 1. The Morgan fingerprint density at radius 1 is 1.19 bits per heavy atom. The van der Waals surface area contributed by atoms with E-state index in [1.54, 1.807) is 6.20 Å². The van der Waals surface area contributed by atoms with Crippen molar-refractivity contribution in [2.45, 2.75) is 39.5 Å². The summed E-state index contributed by atoms with van der Waals surface area (Å²) in [7, 11) is 0. The molecule has 4 rings (SSSR count). The molecule has 1 N–H and O–H groups in total. The van der Waals surface area contributed by atoms with Gasteiger partial charge in [0.15, 0.2) is 5.96 Å². The molecule has 1 aliphatic heterocycles. The van der Waals surface area contributed by atoms with Crippen molar-refractivity contribution >= 4 is 5.96 Å². The lowest BCUT2D eigenvalue weighted by atomic mass is 9.93. The minimum absolute atomic E-state index is 0.408. The van der Waals surface area contributed by atoms with E-state index in [0.717, 1.165) is 49.0 Å². The van der Waals surface area contributed by atoms with Crippen LogP contribution in [-0.4, -0.2) is 45.0 Å². The van der Waals surface area contributed by atoms with Gasteiger partial charge in [-0.15, -0.1) is 0 Å². The van der Waals surface area contributed by atoms with E-state index in [4.69, 9.17) is 9.73 Å². The number of aromatic nitrogens is 3. The summed E-state index contributed by atoms with van der Waals surface area (Å²) in [6.07, 6.45) is 8.76. The lowest BCUT2D eigenvalue weighted by Gasteiger charge is -2.39. The number of imidazole rings is 1. The highest BCUT2D eigenvalue weighted by molar-refractivity contribution is 5.80. The Balaban J connectivity index is 1.37. The molecule has 0 aliphatic carbocycles. The van der Waals surface area contributed by atoms with E-state index in [9.17, 15) is 0 Å². The van der Waals surface area contributed by atoms with Crippen molar-refractivity contribution in [2.24, 2.45) is 10.9 Å². The highest BCUT2D eigenvalue weighted by Gasteiger charge is 2.28. The first-order chi connectivity index (χ1) is 15.7. The largest absolute Gasteiger partial charge is 0.487 e. The van der Waals surface area contributed by atoms with Crippen LogP contribution in [0.25, 0.3) is 0 Å². The van der Waals surface area contributed by atoms with E-state index in [-0.39, 0.29) is 0 Å². The molecule has 0 saturated carbocycles. The van der Waals surface area contributed by atoms with Crippen molar-refractivity contribution in [1.29, 1.82) is 0 Å². The molecule has 7 heteroatoms. The van der Waals surface area contributed by atoms with Gasteiger partial charge in [-0.1, -0.05) is 25.1 Å². The van der Waals surface area contributed by atoms with Crippen LogP contribution >= 0.6 is 0 Å². The van der Waals surface area contributed by atoms with E-state index in [0.29, 0.717) is 25.1 Å². The van der Waals surface area contributed by atoms with Gasteiger partial charge in [-0.05, 0) is 49.1 Å². The Morgan fingerprint density at radius 3 is 2.78 bits per heavy atom. The number of likely N-dealkylation sites (tertiary alicyclic amines) is 1. The number of hydrogen-bond acceptors (Lipinski definition) is 4. The number of ether oxygens (including phenoxy) is 1. The maximum Gasteiger partial charge on any atom is 0.194 e. The molecule has 7 nitrogen and oxygen atoms in total. The van der Waals surface area contributed by atoms with Gasteiger partial charge in [-0.3, -0.25) is 4.98 Å². The first-order valence-electron chi connectivity index (χ1n) is 11.3. The Bertz CT molecular complexity index is 971. The molecular weight excluding hydrogens is 400 g/mol. The molecule has 0 amide bonds. The molecule has 32 heavy (non-hydrogen) atoms. The highest BCUT2D eigenvalue weighted by Crippen LogP contribution is 2.27. The maximum absolute atomic E-state index is 5.84. The quantitative estimate of drug-likeness (QED) is 0.453. The fourth-order valence-corrected chi connectivity index (χ4v) is 4.02. The van der Waals surface area contributed by atoms with E-state index in [2.05, 4.69) is 56.9 Å². The molecule has 0 bridgehead atoms. The summed E-state index contributed by atoms with van der Waals surface area (Å²) in [5.41, 5.74) is 2.07. The van der Waals surface area contributed by atoms with Crippen LogP contribution in [-0.2, 0) is 13.2 Å². The first kappa shape index (κ1) is 21.9. The molecule has 2 atom stereocenters. The zero-order chi connectivity index (χ0) is 22.2. The Labute approximate surface area is 190 Å². The Kier molecular flexibility index (Phi) is 7.38. The van der Waals surface area contributed by atoms with Crippen molar-refractivity contribution in [3.8, 4) is 5.75 Å². The summed E-state index contributed by atoms with van der Waals surface area (Å²) in [5, 5.41) is 3.47. The van der Waals surface area contributed by atoms with Crippen LogP contribution in [0.1, 0.15) is 37.6 Å². The summed E-state index contributed by atoms with van der Waals surface area (Å²) < 4.78 is 8.06. The molecule has 0 spiro atoms. The van der Waals surface area contributed by atoms with Crippen LogP contribution in [0.4, 0.5) is 0 Å². The fraction of sp³-hybridized carbons (Fsp3) is 0.400. The van der Waals surface area contributed by atoms with Crippen LogP contribution < -0.4 is 10.1 Å². The summed E-state index contributed by atoms with van der Waals surface area (Å²) in [6, 6.07) is 14.4. The first-order valence-corrected chi connectivity index (χ1v) is 11.3. The topological polar surface area (TPSA) is 67.6 Å². The molecule has 2 aromatic heterocycles. The van der Waals surface area contributed by atoms with Gasteiger partial charge in [0.2, 0.25) is 0 Å². The van der Waals surface area contributed by atoms with Crippen LogP contribution in [0.3, 0.4) is 0 Å². The van der Waals surface area contributed by atoms with E-state index in [1.165, 1.54) is 0 Å². The molecule has 1 aliphatic rings. The summed E-state index contributed by atoms with van der Waals surface area (Å²) in [5.74, 6) is 2.42. The molecule has 1 fully saturated rings. The minimum Gasteiger partial charge on any atom is -0.487 e. The number of pyridine rings is 1. The van der Waals surface area contributed by atoms with Crippen molar-refractivity contribution in [3.63, 3.8) is 0 Å². The van der Waals surface area contributed by atoms with Crippen molar-refractivity contribution < 1.29 is 4.74 Å². The molecule has 0 radical (unpaired) electrons. The SMILES string of the molecule is CCNC(=NCc1ccc(OCc2ccccn2)cc1)N1CCC(C)C(n2ccnc2)C1. The molecule has 3 heterocycles. The normalized spacial score (nSPS) is 19.1. The lowest BCUT2D eigenvalue weighted by molar-refractivity contribution is 0.189. The van der Waals surface area contributed by atoms with E-state index >= 15 is 0 Å². The van der Waals surface area contributed by atoms with Crippen LogP contribution in [0.5, 0.6) is 5.75 Å². The lowest BCUT2D eigenvalue weighted by Crippen LogP contribution is -2.49. The smallest absolute Gasteiger partial charge is 0.194 e. The monoisotopic (exact) mass is 432 g/mol. The molecular formula is C25H32N6O. The van der Waals surface area contributed by atoms with Gasteiger partial charge in [0.25, 0.3) is 0 Å². The van der Waals surface area contributed by atoms with Crippen LogP contribution in [0.2, 0.25) is 0 Å². The van der Waals surface area contributed by atoms with Crippen molar-refractivity contribution in [1.82, 2.24) is 24.8 Å². The van der Waals surface area contributed by atoms with Crippen molar-refractivity contribution in [2.75, 3.05) is 19.6 Å². The van der Waals surface area contributed by atoms with Gasteiger partial charge in [0, 0.05) is 38.2 Å². The molecule has 1 saturated heterocycles. The average Bonchev–Trinajstić information content (AvgIpc) is 3.37. The van der Waals surface area contributed by atoms with Crippen LogP contribution in [0.15, 0.2) is 72.4 Å². The molecule has 1 aromatic carbocycles. The second-order valence-corrected chi connectivity index (χ2v) is 8.21. The summed E-state index contributed by atoms with van der Waals surface area (Å²) in [4.78, 5) is 15.8. The van der Waals surface area contributed by atoms with Crippen LogP contribution in [0, 0.1) is 5.92 Å². The number of nitrogens with zero attached hydrogens (tertiary/aromatic N) is 5. The third-order valence-electron chi connectivity index (χ3n) is 5.91. The highest BCUT2D eigenvalue weighted by atomic mass is 16.5. The maximum atomic E-state index is 5.84.